The molecule has 5 rings (SSSR count). The fourth-order valence-corrected chi connectivity index (χ4v) is 4.20. The van der Waals surface area contributed by atoms with Crippen molar-refractivity contribution in [1.29, 1.82) is 0 Å². The summed E-state index contributed by atoms with van der Waals surface area (Å²) in [7, 11) is 0. The lowest BCUT2D eigenvalue weighted by Crippen LogP contribution is -2.56. The van der Waals surface area contributed by atoms with E-state index < -0.39 is 12.4 Å². The van der Waals surface area contributed by atoms with Gasteiger partial charge in [-0.05, 0) is 16.7 Å². The van der Waals surface area contributed by atoms with Gasteiger partial charge in [-0.2, -0.15) is 0 Å². The van der Waals surface area contributed by atoms with E-state index in [4.69, 9.17) is 23.7 Å². The van der Waals surface area contributed by atoms with Crippen molar-refractivity contribution in [2.24, 2.45) is 0 Å². The maximum atomic E-state index is 6.44. The Morgan fingerprint density at radius 1 is 0.562 bits per heavy atom. The van der Waals surface area contributed by atoms with Gasteiger partial charge in [-0.15, -0.1) is 0 Å². The van der Waals surface area contributed by atoms with Crippen molar-refractivity contribution >= 4 is 0 Å². The lowest BCUT2D eigenvalue weighted by molar-refractivity contribution is -0.268. The van der Waals surface area contributed by atoms with E-state index in [2.05, 4.69) is 24.3 Å². The first-order valence-corrected chi connectivity index (χ1v) is 11.1. The molecule has 0 aliphatic carbocycles. The van der Waals surface area contributed by atoms with Crippen LogP contribution in [0.2, 0.25) is 0 Å². The van der Waals surface area contributed by atoms with Crippen LogP contribution in [0.3, 0.4) is 0 Å². The number of ether oxygens (including phenoxy) is 5. The third-order valence-electron chi connectivity index (χ3n) is 5.87. The molecule has 0 radical (unpaired) electrons. The zero-order chi connectivity index (χ0) is 21.6. The van der Waals surface area contributed by atoms with E-state index in [0.717, 1.165) is 16.7 Å². The molecule has 2 aliphatic heterocycles. The summed E-state index contributed by atoms with van der Waals surface area (Å²) in [6.07, 6.45) is -1.63. The van der Waals surface area contributed by atoms with Crippen LogP contribution < -0.4 is 0 Å². The minimum absolute atomic E-state index is 0.180. The number of hydrogen-bond acceptors (Lipinski definition) is 5. The Bertz CT molecular complexity index is 892. The van der Waals surface area contributed by atoms with Crippen LogP contribution in [0.15, 0.2) is 91.0 Å². The molecule has 0 amide bonds. The number of benzene rings is 3. The first kappa shape index (κ1) is 21.3. The molecule has 2 saturated heterocycles. The molecule has 0 spiro atoms. The van der Waals surface area contributed by atoms with Crippen molar-refractivity contribution in [2.75, 3.05) is 6.61 Å². The van der Waals surface area contributed by atoms with Gasteiger partial charge in [0.25, 0.3) is 0 Å². The minimum atomic E-state index is -0.457. The second-order valence-electron chi connectivity index (χ2n) is 8.16. The number of hydrogen-bond donors (Lipinski definition) is 0. The van der Waals surface area contributed by atoms with Crippen LogP contribution in [0.1, 0.15) is 16.7 Å². The Balaban J connectivity index is 1.33. The lowest BCUT2D eigenvalue weighted by atomic mass is 10.00. The Morgan fingerprint density at radius 3 is 1.50 bits per heavy atom. The van der Waals surface area contributed by atoms with Gasteiger partial charge < -0.3 is 23.7 Å². The third-order valence-corrected chi connectivity index (χ3v) is 5.87. The van der Waals surface area contributed by atoms with Crippen LogP contribution >= 0.6 is 0 Å². The average molecular weight is 433 g/mol. The third kappa shape index (κ3) is 5.09. The summed E-state index contributed by atoms with van der Waals surface area (Å²) in [6, 6.07) is 30.4. The Morgan fingerprint density at radius 2 is 1.00 bits per heavy atom. The summed E-state index contributed by atoms with van der Waals surface area (Å²) >= 11 is 0. The summed E-state index contributed by atoms with van der Waals surface area (Å²) in [5.41, 5.74) is 3.31. The first-order valence-electron chi connectivity index (χ1n) is 11.1. The summed E-state index contributed by atoms with van der Waals surface area (Å²) in [4.78, 5) is 0. The Kier molecular flexibility index (Phi) is 6.92. The predicted molar refractivity (Wildman–Crippen MR) is 120 cm³/mol. The van der Waals surface area contributed by atoms with Crippen molar-refractivity contribution < 1.29 is 23.7 Å². The molecule has 0 aromatic heterocycles. The van der Waals surface area contributed by atoms with Gasteiger partial charge in [0.15, 0.2) is 6.29 Å². The van der Waals surface area contributed by atoms with Crippen LogP contribution in [0.5, 0.6) is 0 Å². The number of rotatable bonds is 9. The second-order valence-corrected chi connectivity index (χ2v) is 8.16. The monoisotopic (exact) mass is 432 g/mol. The fraction of sp³-hybridized carbons (Fsp3) is 0.333. The van der Waals surface area contributed by atoms with E-state index in [0.29, 0.717) is 26.4 Å². The van der Waals surface area contributed by atoms with Gasteiger partial charge in [0.1, 0.15) is 24.4 Å². The normalized spacial score (nSPS) is 26.8. The molecule has 5 atom stereocenters. The van der Waals surface area contributed by atoms with Crippen LogP contribution in [0.4, 0.5) is 0 Å². The summed E-state index contributed by atoms with van der Waals surface area (Å²) in [5, 5.41) is 0. The van der Waals surface area contributed by atoms with Crippen molar-refractivity contribution in [3.8, 4) is 0 Å². The van der Waals surface area contributed by atoms with E-state index in [9.17, 15) is 0 Å². The van der Waals surface area contributed by atoms with Crippen LogP contribution in [-0.2, 0) is 43.5 Å². The molecule has 5 heteroatoms. The summed E-state index contributed by atoms with van der Waals surface area (Å²) in [5.74, 6) is 0. The van der Waals surface area contributed by atoms with E-state index in [-0.39, 0.29) is 18.3 Å². The van der Waals surface area contributed by atoms with Gasteiger partial charge in [0, 0.05) is 0 Å². The van der Waals surface area contributed by atoms with Crippen molar-refractivity contribution in [2.45, 2.75) is 50.5 Å². The molecular formula is C27H28O5. The minimum Gasteiger partial charge on any atom is -0.368 e. The van der Waals surface area contributed by atoms with Gasteiger partial charge in [-0.3, -0.25) is 0 Å². The highest BCUT2D eigenvalue weighted by atomic mass is 16.8. The van der Waals surface area contributed by atoms with E-state index in [1.54, 1.807) is 0 Å². The zero-order valence-corrected chi connectivity index (χ0v) is 17.9. The molecule has 32 heavy (non-hydrogen) atoms. The Hall–Kier alpha value is -2.54. The van der Waals surface area contributed by atoms with E-state index in [1.807, 2.05) is 66.7 Å². The molecule has 166 valence electrons. The van der Waals surface area contributed by atoms with Crippen molar-refractivity contribution in [1.82, 2.24) is 0 Å². The van der Waals surface area contributed by atoms with Gasteiger partial charge in [0.2, 0.25) is 0 Å². The highest BCUT2D eigenvalue weighted by Gasteiger charge is 2.52. The van der Waals surface area contributed by atoms with Gasteiger partial charge in [0.05, 0.1) is 26.4 Å². The quantitative estimate of drug-likeness (QED) is 0.498. The largest absolute Gasteiger partial charge is 0.368 e. The van der Waals surface area contributed by atoms with Crippen LogP contribution in [0, 0.1) is 0 Å². The average Bonchev–Trinajstić information content (AvgIpc) is 3.29. The first-order chi connectivity index (χ1) is 15.9. The van der Waals surface area contributed by atoms with Gasteiger partial charge in [-0.1, -0.05) is 91.0 Å². The summed E-state index contributed by atoms with van der Waals surface area (Å²) < 4.78 is 31.2. The highest BCUT2D eigenvalue weighted by molar-refractivity contribution is 5.15. The van der Waals surface area contributed by atoms with Crippen molar-refractivity contribution in [3.05, 3.63) is 108 Å². The van der Waals surface area contributed by atoms with Gasteiger partial charge >= 0.3 is 0 Å². The maximum Gasteiger partial charge on any atom is 0.187 e. The lowest BCUT2D eigenvalue weighted by Gasteiger charge is -2.40. The molecule has 0 N–H and O–H groups in total. The van der Waals surface area contributed by atoms with Crippen LogP contribution in [0.25, 0.3) is 0 Å². The molecule has 2 bridgehead atoms. The predicted octanol–water partition coefficient (Wildman–Crippen LogP) is 4.50. The molecule has 2 heterocycles. The van der Waals surface area contributed by atoms with E-state index in [1.165, 1.54) is 0 Å². The highest BCUT2D eigenvalue weighted by Crippen LogP contribution is 2.35. The fourth-order valence-electron chi connectivity index (χ4n) is 4.20. The molecule has 3 aromatic carbocycles. The smallest absolute Gasteiger partial charge is 0.187 e. The molecule has 0 saturated carbocycles. The van der Waals surface area contributed by atoms with Gasteiger partial charge in [-0.25, -0.2) is 0 Å². The second kappa shape index (κ2) is 10.4. The molecule has 2 aliphatic rings. The molecule has 0 unspecified atom stereocenters. The SMILES string of the molecule is c1ccc(CO[C@H]2[C@@H](OCc3ccccc3)[C@@H]3OC[C@H](O3)[C@H]2OCc2ccccc2)cc1. The standard InChI is InChI=1S/C27H28O5/c1-4-10-20(11-5-1)16-28-24-23-19-31-27(32-23)26(30-18-22-14-8-3-9-15-22)25(24)29-17-21-12-6-2-7-13-21/h1-15,23-27H,16-19H2/t23-,24+,25+,26+,27+/m0/s1. The summed E-state index contributed by atoms with van der Waals surface area (Å²) in [6.45, 7) is 1.88. The topological polar surface area (TPSA) is 46.2 Å². The molecule has 3 aromatic rings. The molecular weight excluding hydrogens is 404 g/mol. The van der Waals surface area contributed by atoms with E-state index >= 15 is 0 Å². The zero-order valence-electron chi connectivity index (χ0n) is 17.9. The Labute approximate surface area is 188 Å². The molecule has 5 nitrogen and oxygen atoms in total. The number of fused-ring (bicyclic) bond motifs is 2. The molecule has 2 fully saturated rings. The van der Waals surface area contributed by atoms with Crippen LogP contribution in [-0.4, -0.2) is 37.3 Å². The van der Waals surface area contributed by atoms with Crippen molar-refractivity contribution in [3.63, 3.8) is 0 Å². The maximum absolute atomic E-state index is 6.44.